The Hall–Kier alpha value is -2.30. The van der Waals surface area contributed by atoms with Crippen LogP contribution in [0.15, 0.2) is 53.8 Å². The lowest BCUT2D eigenvalue weighted by atomic mass is 10.1. The number of aromatic amines is 1. The highest BCUT2D eigenvalue weighted by atomic mass is 35.5. The molecule has 3 aromatic rings. The van der Waals surface area contributed by atoms with Crippen LogP contribution in [-0.4, -0.2) is 47.7 Å². The molecule has 1 aliphatic heterocycles. The number of halogens is 2. The quantitative estimate of drug-likeness (QED) is 0.170. The molecule has 1 fully saturated rings. The van der Waals surface area contributed by atoms with Crippen molar-refractivity contribution in [1.29, 1.82) is 0 Å². The average Bonchev–Trinajstić information content (AvgIpc) is 3.25. The van der Waals surface area contributed by atoms with Gasteiger partial charge in [0.05, 0.1) is 21.0 Å². The summed E-state index contributed by atoms with van der Waals surface area (Å²) in [4.78, 5) is 16.0. The summed E-state index contributed by atoms with van der Waals surface area (Å²) in [7, 11) is 0. The van der Waals surface area contributed by atoms with E-state index >= 15 is 0 Å². The number of nitrogens with one attached hydrogen (secondary N) is 2. The van der Waals surface area contributed by atoms with E-state index in [2.05, 4.69) is 15.4 Å². The Labute approximate surface area is 204 Å². The summed E-state index contributed by atoms with van der Waals surface area (Å²) >= 11 is 18.8. The van der Waals surface area contributed by atoms with Gasteiger partial charge in [-0.05, 0) is 38.1 Å². The molecule has 7 nitrogen and oxygen atoms in total. The first-order valence-corrected chi connectivity index (χ1v) is 11.5. The number of H-pyrrole nitrogens is 1. The standard InChI is InChI=1S/C21H19Cl2N5O2S2/c1-21(2)18(28(30)19(29)26-13-7-8-15(22)16(23)9-13)27(20(31)32-21)25-11-12-10-24-17-6-4-3-5-14(12)17/h3-11,18,24,30H,1-2H3,(H,26,29)/b25-11-/t18-/m0/s1. The second kappa shape index (κ2) is 8.92. The molecule has 2 heterocycles. The van der Waals surface area contributed by atoms with Crippen molar-refractivity contribution in [3.63, 3.8) is 0 Å². The van der Waals surface area contributed by atoms with Crippen LogP contribution in [0.3, 0.4) is 0 Å². The minimum atomic E-state index is -0.843. The SMILES string of the molecule is CC1(C)SC(=S)N(/N=C\c2c[nH]c3ccccc23)[C@H]1N(O)C(=O)Nc1ccc(Cl)c(Cl)c1. The Bertz CT molecular complexity index is 1230. The smallest absolute Gasteiger partial charge is 0.347 e. The van der Waals surface area contributed by atoms with Gasteiger partial charge in [0.1, 0.15) is 0 Å². The van der Waals surface area contributed by atoms with E-state index in [-0.39, 0.29) is 5.02 Å². The van der Waals surface area contributed by atoms with E-state index in [1.54, 1.807) is 18.3 Å². The molecule has 1 atom stereocenters. The van der Waals surface area contributed by atoms with Crippen LogP contribution >= 0.6 is 47.2 Å². The van der Waals surface area contributed by atoms with E-state index in [1.165, 1.54) is 22.8 Å². The molecule has 2 aromatic carbocycles. The summed E-state index contributed by atoms with van der Waals surface area (Å²) < 4.78 is -0.185. The van der Waals surface area contributed by atoms with Gasteiger partial charge in [-0.1, -0.05) is 65.4 Å². The van der Waals surface area contributed by atoms with E-state index in [0.717, 1.165) is 16.5 Å². The third-order valence-electron chi connectivity index (χ3n) is 4.94. The van der Waals surface area contributed by atoms with Gasteiger partial charge in [0, 0.05) is 28.4 Å². The van der Waals surface area contributed by atoms with E-state index < -0.39 is 16.9 Å². The Morgan fingerprint density at radius 3 is 2.81 bits per heavy atom. The maximum atomic E-state index is 12.8. The number of hydroxylamine groups is 2. The van der Waals surface area contributed by atoms with Crippen LogP contribution in [-0.2, 0) is 0 Å². The molecule has 0 saturated carbocycles. The van der Waals surface area contributed by atoms with Gasteiger partial charge in [-0.15, -0.1) is 0 Å². The second-order valence-corrected chi connectivity index (χ2v) is 10.7. The topological polar surface area (TPSA) is 84.0 Å². The fraction of sp³-hybridized carbons (Fsp3) is 0.190. The normalized spacial score (nSPS) is 18.0. The van der Waals surface area contributed by atoms with Crippen molar-refractivity contribution in [2.75, 3.05) is 5.32 Å². The molecular formula is C21H19Cl2N5O2S2. The number of benzene rings is 2. The lowest BCUT2D eigenvalue weighted by Gasteiger charge is -2.34. The number of amides is 2. The molecule has 0 bridgehead atoms. The van der Waals surface area contributed by atoms with Crippen LogP contribution in [0.5, 0.6) is 0 Å². The van der Waals surface area contributed by atoms with Gasteiger partial charge in [0.15, 0.2) is 10.5 Å². The van der Waals surface area contributed by atoms with Crippen LogP contribution in [0, 0.1) is 0 Å². The zero-order valence-electron chi connectivity index (χ0n) is 17.0. The van der Waals surface area contributed by atoms with Crippen molar-refractivity contribution >= 4 is 80.3 Å². The highest BCUT2D eigenvalue weighted by molar-refractivity contribution is 8.24. The number of aromatic nitrogens is 1. The third-order valence-corrected chi connectivity index (χ3v) is 7.22. The van der Waals surface area contributed by atoms with Crippen molar-refractivity contribution in [2.24, 2.45) is 5.10 Å². The lowest BCUT2D eigenvalue weighted by molar-refractivity contribution is -0.114. The van der Waals surface area contributed by atoms with E-state index in [9.17, 15) is 10.0 Å². The maximum Gasteiger partial charge on any atom is 0.347 e. The first-order valence-electron chi connectivity index (χ1n) is 9.54. The monoisotopic (exact) mass is 507 g/mol. The molecule has 2 amide bonds. The number of urea groups is 1. The fourth-order valence-electron chi connectivity index (χ4n) is 3.42. The minimum Gasteiger partial charge on any atom is -0.361 e. The number of rotatable bonds is 4. The van der Waals surface area contributed by atoms with Gasteiger partial charge in [0.2, 0.25) is 0 Å². The molecule has 0 radical (unpaired) electrons. The highest BCUT2D eigenvalue weighted by Crippen LogP contribution is 2.42. The molecule has 166 valence electrons. The second-order valence-electron chi connectivity index (χ2n) is 7.63. The largest absolute Gasteiger partial charge is 0.361 e. The Balaban J connectivity index is 1.58. The summed E-state index contributed by atoms with van der Waals surface area (Å²) in [5, 5.41) is 21.7. The van der Waals surface area contributed by atoms with Crippen molar-refractivity contribution in [1.82, 2.24) is 15.1 Å². The number of hydrogen-bond donors (Lipinski definition) is 3. The molecule has 0 spiro atoms. The van der Waals surface area contributed by atoms with Crippen molar-refractivity contribution in [3.8, 4) is 0 Å². The zero-order valence-corrected chi connectivity index (χ0v) is 20.2. The number of nitrogens with zero attached hydrogens (tertiary/aromatic N) is 3. The molecular weight excluding hydrogens is 489 g/mol. The number of thiocarbonyl (C=S) groups is 1. The summed E-state index contributed by atoms with van der Waals surface area (Å²) in [5.41, 5.74) is 2.24. The first kappa shape index (κ1) is 22.9. The van der Waals surface area contributed by atoms with Crippen LogP contribution in [0.4, 0.5) is 10.5 Å². The van der Waals surface area contributed by atoms with Crippen molar-refractivity contribution in [2.45, 2.75) is 24.8 Å². The Kier molecular flexibility index (Phi) is 6.37. The van der Waals surface area contributed by atoms with Crippen LogP contribution in [0.1, 0.15) is 19.4 Å². The van der Waals surface area contributed by atoms with Crippen molar-refractivity contribution in [3.05, 3.63) is 64.3 Å². The predicted molar refractivity (Wildman–Crippen MR) is 135 cm³/mol. The molecule has 3 N–H and O–H groups in total. The van der Waals surface area contributed by atoms with Crippen LogP contribution in [0.2, 0.25) is 10.0 Å². The number of anilines is 1. The van der Waals surface area contributed by atoms with Gasteiger partial charge in [-0.2, -0.15) is 10.2 Å². The van der Waals surface area contributed by atoms with Crippen molar-refractivity contribution < 1.29 is 10.0 Å². The maximum absolute atomic E-state index is 12.8. The predicted octanol–water partition coefficient (Wildman–Crippen LogP) is 6.17. The fourth-order valence-corrected chi connectivity index (χ4v) is 5.50. The number of hydrazone groups is 1. The summed E-state index contributed by atoms with van der Waals surface area (Å²) in [6.45, 7) is 3.76. The molecule has 1 aliphatic rings. The molecule has 4 rings (SSSR count). The van der Waals surface area contributed by atoms with Crippen LogP contribution in [0.25, 0.3) is 10.9 Å². The van der Waals surface area contributed by atoms with E-state index in [4.69, 9.17) is 35.4 Å². The van der Waals surface area contributed by atoms with E-state index in [1.807, 2.05) is 44.3 Å². The van der Waals surface area contributed by atoms with Gasteiger partial charge in [0.25, 0.3) is 0 Å². The average molecular weight is 508 g/mol. The zero-order chi connectivity index (χ0) is 23.0. The number of hydrogen-bond acceptors (Lipinski definition) is 5. The van der Waals surface area contributed by atoms with Gasteiger partial charge in [-0.25, -0.2) is 9.80 Å². The number of fused-ring (bicyclic) bond motifs is 1. The van der Waals surface area contributed by atoms with Gasteiger partial charge >= 0.3 is 6.03 Å². The number of thioether (sulfide) groups is 1. The number of carbonyl (C=O) groups excluding carboxylic acids is 1. The summed E-state index contributed by atoms with van der Waals surface area (Å²) in [6, 6.07) is 11.7. The number of carbonyl (C=O) groups is 1. The van der Waals surface area contributed by atoms with E-state index in [0.29, 0.717) is 20.1 Å². The molecule has 1 saturated heterocycles. The first-order chi connectivity index (χ1) is 15.2. The number of para-hydroxylation sites is 1. The molecule has 0 aliphatic carbocycles. The Morgan fingerprint density at radius 2 is 2.06 bits per heavy atom. The summed E-state index contributed by atoms with van der Waals surface area (Å²) in [6.07, 6.45) is 2.66. The van der Waals surface area contributed by atoms with Crippen LogP contribution < -0.4 is 5.32 Å². The Morgan fingerprint density at radius 1 is 1.31 bits per heavy atom. The van der Waals surface area contributed by atoms with Gasteiger partial charge < -0.3 is 10.3 Å². The van der Waals surface area contributed by atoms with Gasteiger partial charge in [-0.3, -0.25) is 5.21 Å². The molecule has 1 aromatic heterocycles. The summed E-state index contributed by atoms with van der Waals surface area (Å²) in [5.74, 6) is 0. The molecule has 0 unspecified atom stereocenters. The minimum absolute atomic E-state index is 0.289. The lowest BCUT2D eigenvalue weighted by Crippen LogP contribution is -2.54. The molecule has 11 heteroatoms. The molecule has 32 heavy (non-hydrogen) atoms. The highest BCUT2D eigenvalue weighted by Gasteiger charge is 2.50. The third kappa shape index (κ3) is 4.44.